The smallest absolute Gasteiger partial charge is 0.0366 e. The number of benzene rings is 1. The fraction of sp³-hybridized carbons (Fsp3) is 0.600. The van der Waals surface area contributed by atoms with Crippen LogP contribution in [0.2, 0.25) is 0 Å². The SMILES string of the molecule is CCCCCN(C)c1ccc(CNC)c(C)c1. The molecule has 0 amide bonds. The molecule has 2 heteroatoms. The van der Waals surface area contributed by atoms with Crippen LogP contribution in [0, 0.1) is 6.92 Å². The lowest BCUT2D eigenvalue weighted by atomic mass is 10.1. The zero-order valence-electron chi connectivity index (χ0n) is 11.7. The van der Waals surface area contributed by atoms with Gasteiger partial charge in [0.05, 0.1) is 0 Å². The van der Waals surface area contributed by atoms with Gasteiger partial charge in [-0.1, -0.05) is 25.8 Å². The molecule has 0 saturated heterocycles. The van der Waals surface area contributed by atoms with E-state index in [0.717, 1.165) is 13.1 Å². The van der Waals surface area contributed by atoms with Crippen LogP contribution in [0.25, 0.3) is 0 Å². The Hall–Kier alpha value is -1.02. The highest BCUT2D eigenvalue weighted by atomic mass is 15.1. The monoisotopic (exact) mass is 234 g/mol. The molecule has 0 radical (unpaired) electrons. The molecule has 0 aliphatic rings. The number of nitrogens with one attached hydrogen (secondary N) is 1. The molecule has 0 bridgehead atoms. The summed E-state index contributed by atoms with van der Waals surface area (Å²) < 4.78 is 0. The van der Waals surface area contributed by atoms with Crippen molar-refractivity contribution in [1.29, 1.82) is 0 Å². The lowest BCUT2D eigenvalue weighted by Crippen LogP contribution is -2.18. The summed E-state index contributed by atoms with van der Waals surface area (Å²) in [5, 5.41) is 3.20. The van der Waals surface area contributed by atoms with Crippen molar-refractivity contribution in [1.82, 2.24) is 5.32 Å². The third-order valence-electron chi connectivity index (χ3n) is 3.23. The second kappa shape index (κ2) is 7.33. The van der Waals surface area contributed by atoms with E-state index in [1.807, 2.05) is 7.05 Å². The summed E-state index contributed by atoms with van der Waals surface area (Å²) in [7, 11) is 4.17. The van der Waals surface area contributed by atoms with Gasteiger partial charge >= 0.3 is 0 Å². The minimum atomic E-state index is 0.950. The Morgan fingerprint density at radius 3 is 2.59 bits per heavy atom. The van der Waals surface area contributed by atoms with E-state index in [1.54, 1.807) is 0 Å². The number of hydrogen-bond donors (Lipinski definition) is 1. The zero-order valence-corrected chi connectivity index (χ0v) is 11.7. The van der Waals surface area contributed by atoms with Gasteiger partial charge in [0.2, 0.25) is 0 Å². The first-order chi connectivity index (χ1) is 8.19. The Balaban J connectivity index is 2.62. The van der Waals surface area contributed by atoms with Crippen molar-refractivity contribution in [3.63, 3.8) is 0 Å². The predicted octanol–water partition coefficient (Wildman–Crippen LogP) is 3.34. The Morgan fingerprint density at radius 2 is 2.00 bits per heavy atom. The molecule has 0 aromatic heterocycles. The summed E-state index contributed by atoms with van der Waals surface area (Å²) in [5.41, 5.74) is 4.09. The van der Waals surface area contributed by atoms with Gasteiger partial charge in [-0.15, -0.1) is 0 Å². The van der Waals surface area contributed by atoms with Gasteiger partial charge in [0.15, 0.2) is 0 Å². The molecule has 0 atom stereocenters. The third-order valence-corrected chi connectivity index (χ3v) is 3.23. The van der Waals surface area contributed by atoms with Crippen LogP contribution in [-0.4, -0.2) is 20.6 Å². The maximum atomic E-state index is 3.20. The van der Waals surface area contributed by atoms with Crippen molar-refractivity contribution in [3.8, 4) is 0 Å². The van der Waals surface area contributed by atoms with Gasteiger partial charge in [-0.25, -0.2) is 0 Å². The van der Waals surface area contributed by atoms with Crippen molar-refractivity contribution in [2.75, 3.05) is 25.5 Å². The van der Waals surface area contributed by atoms with Gasteiger partial charge in [0.25, 0.3) is 0 Å². The van der Waals surface area contributed by atoms with Crippen LogP contribution in [0.1, 0.15) is 37.3 Å². The molecule has 2 nitrogen and oxygen atoms in total. The molecule has 1 N–H and O–H groups in total. The normalized spacial score (nSPS) is 10.6. The number of hydrogen-bond acceptors (Lipinski definition) is 2. The summed E-state index contributed by atoms with van der Waals surface area (Å²) in [5.74, 6) is 0. The predicted molar refractivity (Wildman–Crippen MR) is 76.7 cm³/mol. The van der Waals surface area contributed by atoms with Gasteiger partial charge in [-0.2, -0.15) is 0 Å². The van der Waals surface area contributed by atoms with Crippen molar-refractivity contribution in [2.45, 2.75) is 39.7 Å². The Kier molecular flexibility index (Phi) is 6.06. The van der Waals surface area contributed by atoms with Crippen LogP contribution in [0.3, 0.4) is 0 Å². The second-order valence-corrected chi connectivity index (χ2v) is 4.77. The van der Waals surface area contributed by atoms with Crippen molar-refractivity contribution < 1.29 is 0 Å². The fourth-order valence-corrected chi connectivity index (χ4v) is 2.03. The first kappa shape index (κ1) is 14.0. The van der Waals surface area contributed by atoms with Crippen molar-refractivity contribution in [3.05, 3.63) is 29.3 Å². The average Bonchev–Trinajstić information content (AvgIpc) is 2.32. The summed E-state index contributed by atoms with van der Waals surface area (Å²) in [6.45, 7) is 6.54. The van der Waals surface area contributed by atoms with Crippen LogP contribution in [0.4, 0.5) is 5.69 Å². The van der Waals surface area contributed by atoms with Crippen molar-refractivity contribution in [2.24, 2.45) is 0 Å². The summed E-state index contributed by atoms with van der Waals surface area (Å²) in [6, 6.07) is 6.75. The maximum absolute atomic E-state index is 3.20. The standard InChI is InChI=1S/C15H26N2/c1-5-6-7-10-17(4)15-9-8-14(12-16-3)13(2)11-15/h8-9,11,16H,5-7,10,12H2,1-4H3. The highest BCUT2D eigenvalue weighted by molar-refractivity contribution is 5.50. The number of unbranched alkanes of at least 4 members (excludes halogenated alkanes) is 2. The fourth-order valence-electron chi connectivity index (χ4n) is 2.03. The Labute approximate surface area is 106 Å². The van der Waals surface area contributed by atoms with Gasteiger partial charge < -0.3 is 10.2 Å². The Bertz CT molecular complexity index is 334. The average molecular weight is 234 g/mol. The number of nitrogens with zero attached hydrogens (tertiary/aromatic N) is 1. The molecule has 1 rings (SSSR count). The number of rotatable bonds is 7. The van der Waals surface area contributed by atoms with Crippen LogP contribution in [0.5, 0.6) is 0 Å². The molecule has 0 saturated carbocycles. The second-order valence-electron chi connectivity index (χ2n) is 4.77. The molecular weight excluding hydrogens is 208 g/mol. The summed E-state index contributed by atoms with van der Waals surface area (Å²) >= 11 is 0. The van der Waals surface area contributed by atoms with E-state index in [0.29, 0.717) is 0 Å². The number of aryl methyl sites for hydroxylation is 1. The van der Waals surface area contributed by atoms with Crippen LogP contribution in [-0.2, 0) is 6.54 Å². The minimum absolute atomic E-state index is 0.950. The topological polar surface area (TPSA) is 15.3 Å². The quantitative estimate of drug-likeness (QED) is 0.728. The molecule has 1 aromatic rings. The Morgan fingerprint density at radius 1 is 1.24 bits per heavy atom. The minimum Gasteiger partial charge on any atom is -0.375 e. The van der Waals surface area contributed by atoms with E-state index in [-0.39, 0.29) is 0 Å². The van der Waals surface area contributed by atoms with Gasteiger partial charge in [-0.3, -0.25) is 0 Å². The van der Waals surface area contributed by atoms with E-state index in [1.165, 1.54) is 36.1 Å². The van der Waals surface area contributed by atoms with E-state index in [4.69, 9.17) is 0 Å². The molecule has 0 heterocycles. The molecule has 0 spiro atoms. The van der Waals surface area contributed by atoms with Gasteiger partial charge in [-0.05, 0) is 43.7 Å². The summed E-state index contributed by atoms with van der Waals surface area (Å²) in [4.78, 5) is 2.35. The van der Waals surface area contributed by atoms with Gasteiger partial charge in [0.1, 0.15) is 0 Å². The van der Waals surface area contributed by atoms with E-state index < -0.39 is 0 Å². The largest absolute Gasteiger partial charge is 0.375 e. The van der Waals surface area contributed by atoms with E-state index in [2.05, 4.69) is 49.3 Å². The first-order valence-corrected chi connectivity index (χ1v) is 6.64. The highest BCUT2D eigenvalue weighted by Crippen LogP contribution is 2.18. The molecule has 0 fully saturated rings. The number of anilines is 1. The molecule has 0 unspecified atom stereocenters. The van der Waals surface area contributed by atoms with Gasteiger partial charge in [0, 0.05) is 25.8 Å². The van der Waals surface area contributed by atoms with E-state index in [9.17, 15) is 0 Å². The lowest BCUT2D eigenvalue weighted by molar-refractivity contribution is 0.705. The van der Waals surface area contributed by atoms with Crippen LogP contribution < -0.4 is 10.2 Å². The van der Waals surface area contributed by atoms with E-state index >= 15 is 0 Å². The third kappa shape index (κ3) is 4.39. The van der Waals surface area contributed by atoms with Crippen molar-refractivity contribution >= 4 is 5.69 Å². The molecule has 17 heavy (non-hydrogen) atoms. The molecular formula is C15H26N2. The zero-order chi connectivity index (χ0) is 12.7. The molecule has 0 aliphatic carbocycles. The molecule has 1 aromatic carbocycles. The van der Waals surface area contributed by atoms with Crippen LogP contribution in [0.15, 0.2) is 18.2 Å². The molecule has 0 aliphatic heterocycles. The maximum Gasteiger partial charge on any atom is 0.0366 e. The summed E-state index contributed by atoms with van der Waals surface area (Å²) in [6.07, 6.45) is 3.89. The first-order valence-electron chi connectivity index (χ1n) is 6.64. The molecule has 96 valence electrons. The lowest BCUT2D eigenvalue weighted by Gasteiger charge is -2.20. The van der Waals surface area contributed by atoms with Crippen LogP contribution >= 0.6 is 0 Å². The highest BCUT2D eigenvalue weighted by Gasteiger charge is 2.03.